The first-order valence-corrected chi connectivity index (χ1v) is 8.26. The minimum atomic E-state index is -0.109. The highest BCUT2D eigenvalue weighted by Gasteiger charge is 2.29. The van der Waals surface area contributed by atoms with E-state index in [-0.39, 0.29) is 17.6 Å². The smallest absolute Gasteiger partial charge is 0.0610 e. The highest BCUT2D eigenvalue weighted by Crippen LogP contribution is 2.21. The van der Waals surface area contributed by atoms with Crippen LogP contribution in [0.5, 0.6) is 0 Å². The van der Waals surface area contributed by atoms with Crippen molar-refractivity contribution in [2.75, 3.05) is 32.8 Å². The number of pyridine rings is 1. The minimum Gasteiger partial charge on any atom is -0.394 e. The second-order valence-corrected chi connectivity index (χ2v) is 8.04. The average molecular weight is 305 g/mol. The monoisotopic (exact) mass is 305 g/mol. The predicted octanol–water partition coefficient (Wildman–Crippen LogP) is 2.27. The first-order chi connectivity index (χ1) is 10.2. The fourth-order valence-corrected chi connectivity index (χ4v) is 2.83. The third-order valence-electron chi connectivity index (χ3n) is 4.61. The molecule has 0 unspecified atom stereocenters. The molecule has 1 aromatic heterocycles. The van der Waals surface area contributed by atoms with Crippen LogP contribution >= 0.6 is 0 Å². The molecule has 1 fully saturated rings. The Morgan fingerprint density at radius 1 is 1.05 bits per heavy atom. The molecule has 1 aromatic rings. The number of piperazine rings is 1. The molecule has 1 aliphatic heterocycles. The molecule has 0 radical (unpaired) electrons. The molecule has 0 saturated carbocycles. The van der Waals surface area contributed by atoms with Gasteiger partial charge in [0.15, 0.2) is 0 Å². The Labute approximate surface area is 135 Å². The van der Waals surface area contributed by atoms with E-state index in [1.54, 1.807) is 0 Å². The Hall–Kier alpha value is -0.970. The SMILES string of the molecule is CC(C)(C)c1ccc(CN2CCN(C(C)(C)CO)CC2)cn1. The molecule has 2 heterocycles. The third-order valence-corrected chi connectivity index (χ3v) is 4.61. The molecule has 2 rings (SSSR count). The maximum atomic E-state index is 9.48. The van der Waals surface area contributed by atoms with Gasteiger partial charge in [-0.1, -0.05) is 26.8 Å². The summed E-state index contributed by atoms with van der Waals surface area (Å²) in [4.78, 5) is 9.46. The maximum absolute atomic E-state index is 9.48. The van der Waals surface area contributed by atoms with Crippen molar-refractivity contribution in [3.63, 3.8) is 0 Å². The summed E-state index contributed by atoms with van der Waals surface area (Å²) in [6.45, 7) is 16.1. The Morgan fingerprint density at radius 3 is 2.14 bits per heavy atom. The van der Waals surface area contributed by atoms with E-state index < -0.39 is 0 Å². The van der Waals surface area contributed by atoms with E-state index in [9.17, 15) is 5.11 Å². The normalized spacial score (nSPS) is 18.6. The Balaban J connectivity index is 1.89. The zero-order chi connectivity index (χ0) is 16.4. The van der Waals surface area contributed by atoms with Gasteiger partial charge in [-0.05, 0) is 25.5 Å². The van der Waals surface area contributed by atoms with Crippen LogP contribution in [-0.4, -0.2) is 58.2 Å². The van der Waals surface area contributed by atoms with Gasteiger partial charge in [0.1, 0.15) is 0 Å². The van der Waals surface area contributed by atoms with Gasteiger partial charge in [0.2, 0.25) is 0 Å². The van der Waals surface area contributed by atoms with Crippen molar-refractivity contribution in [2.45, 2.75) is 52.1 Å². The lowest BCUT2D eigenvalue weighted by atomic mass is 9.91. The fraction of sp³-hybridized carbons (Fsp3) is 0.722. The average Bonchev–Trinajstić information content (AvgIpc) is 2.47. The standard InChI is InChI=1S/C18H31N3O/c1-17(2,3)16-7-6-15(12-19-16)13-20-8-10-21(11-9-20)18(4,5)14-22/h6-7,12,22H,8-11,13-14H2,1-5H3. The van der Waals surface area contributed by atoms with Gasteiger partial charge in [-0.2, -0.15) is 0 Å². The summed E-state index contributed by atoms with van der Waals surface area (Å²) in [6.07, 6.45) is 2.02. The zero-order valence-electron chi connectivity index (χ0n) is 14.8. The van der Waals surface area contributed by atoms with Crippen LogP contribution < -0.4 is 0 Å². The number of aliphatic hydroxyl groups is 1. The quantitative estimate of drug-likeness (QED) is 0.926. The van der Waals surface area contributed by atoms with Gasteiger partial charge < -0.3 is 5.11 Å². The summed E-state index contributed by atoms with van der Waals surface area (Å²) in [6, 6.07) is 4.36. The van der Waals surface area contributed by atoms with Crippen LogP contribution in [0.1, 0.15) is 45.9 Å². The lowest BCUT2D eigenvalue weighted by Gasteiger charge is -2.43. The van der Waals surface area contributed by atoms with E-state index in [0.29, 0.717) is 0 Å². The second-order valence-electron chi connectivity index (χ2n) is 8.04. The highest BCUT2D eigenvalue weighted by molar-refractivity contribution is 5.19. The Bertz CT molecular complexity index is 468. The van der Waals surface area contributed by atoms with E-state index in [1.165, 1.54) is 5.56 Å². The van der Waals surface area contributed by atoms with Crippen LogP contribution in [0.3, 0.4) is 0 Å². The molecule has 0 spiro atoms. The van der Waals surface area contributed by atoms with Crippen molar-refractivity contribution in [1.82, 2.24) is 14.8 Å². The van der Waals surface area contributed by atoms with E-state index in [2.05, 4.69) is 61.5 Å². The van der Waals surface area contributed by atoms with Crippen molar-refractivity contribution in [3.8, 4) is 0 Å². The predicted molar refractivity (Wildman–Crippen MR) is 91.0 cm³/mol. The summed E-state index contributed by atoms with van der Waals surface area (Å²) in [5.41, 5.74) is 2.43. The molecule has 0 aliphatic carbocycles. The molecule has 1 saturated heterocycles. The molecule has 4 heteroatoms. The second kappa shape index (κ2) is 6.65. The van der Waals surface area contributed by atoms with Gasteiger partial charge in [-0.25, -0.2) is 0 Å². The topological polar surface area (TPSA) is 39.6 Å². The van der Waals surface area contributed by atoms with Crippen molar-refractivity contribution in [2.24, 2.45) is 0 Å². The lowest BCUT2D eigenvalue weighted by molar-refractivity contribution is 0.0148. The van der Waals surface area contributed by atoms with Gasteiger partial charge in [0, 0.05) is 55.6 Å². The molecule has 1 aliphatic rings. The van der Waals surface area contributed by atoms with E-state index in [4.69, 9.17) is 0 Å². The third kappa shape index (κ3) is 4.28. The number of hydrogen-bond acceptors (Lipinski definition) is 4. The van der Waals surface area contributed by atoms with Crippen LogP contribution in [0, 0.1) is 0 Å². The first kappa shape index (κ1) is 17.4. The summed E-state index contributed by atoms with van der Waals surface area (Å²) in [5.74, 6) is 0. The number of nitrogens with zero attached hydrogens (tertiary/aromatic N) is 3. The largest absolute Gasteiger partial charge is 0.394 e. The van der Waals surface area contributed by atoms with Gasteiger partial charge in [-0.15, -0.1) is 0 Å². The molecule has 0 aromatic carbocycles. The lowest BCUT2D eigenvalue weighted by Crippen LogP contribution is -2.55. The van der Waals surface area contributed by atoms with E-state index >= 15 is 0 Å². The van der Waals surface area contributed by atoms with E-state index in [0.717, 1.165) is 38.4 Å². The molecular formula is C18H31N3O. The van der Waals surface area contributed by atoms with Gasteiger partial charge >= 0.3 is 0 Å². The van der Waals surface area contributed by atoms with Gasteiger partial charge in [0.25, 0.3) is 0 Å². The van der Waals surface area contributed by atoms with Crippen LogP contribution in [0.4, 0.5) is 0 Å². The fourth-order valence-electron chi connectivity index (χ4n) is 2.83. The number of hydrogen-bond donors (Lipinski definition) is 1. The summed E-state index contributed by atoms with van der Waals surface area (Å²) in [7, 11) is 0. The van der Waals surface area contributed by atoms with Crippen LogP contribution in [-0.2, 0) is 12.0 Å². The van der Waals surface area contributed by atoms with Crippen molar-refractivity contribution in [3.05, 3.63) is 29.6 Å². The number of aliphatic hydroxyl groups excluding tert-OH is 1. The molecular weight excluding hydrogens is 274 g/mol. The number of aromatic nitrogens is 1. The molecule has 124 valence electrons. The van der Waals surface area contributed by atoms with Crippen molar-refractivity contribution in [1.29, 1.82) is 0 Å². The molecule has 22 heavy (non-hydrogen) atoms. The van der Waals surface area contributed by atoms with E-state index in [1.807, 2.05) is 6.20 Å². The molecule has 0 amide bonds. The summed E-state index contributed by atoms with van der Waals surface area (Å²) >= 11 is 0. The molecule has 0 atom stereocenters. The minimum absolute atomic E-state index is 0.109. The zero-order valence-corrected chi connectivity index (χ0v) is 14.8. The van der Waals surface area contributed by atoms with Crippen LogP contribution in [0.25, 0.3) is 0 Å². The Kier molecular flexibility index (Phi) is 5.25. The van der Waals surface area contributed by atoms with Crippen molar-refractivity contribution >= 4 is 0 Å². The number of rotatable bonds is 4. The summed E-state index contributed by atoms with van der Waals surface area (Å²) < 4.78 is 0. The van der Waals surface area contributed by atoms with Crippen molar-refractivity contribution < 1.29 is 5.11 Å². The van der Waals surface area contributed by atoms with Gasteiger partial charge in [0.05, 0.1) is 6.61 Å². The summed E-state index contributed by atoms with van der Waals surface area (Å²) in [5, 5.41) is 9.48. The molecule has 0 bridgehead atoms. The van der Waals surface area contributed by atoms with Gasteiger partial charge in [-0.3, -0.25) is 14.8 Å². The molecule has 1 N–H and O–H groups in total. The van der Waals surface area contributed by atoms with Crippen LogP contribution in [0.15, 0.2) is 18.3 Å². The highest BCUT2D eigenvalue weighted by atomic mass is 16.3. The molecule has 4 nitrogen and oxygen atoms in total. The Morgan fingerprint density at radius 2 is 1.68 bits per heavy atom. The first-order valence-electron chi connectivity index (χ1n) is 8.26. The maximum Gasteiger partial charge on any atom is 0.0610 e. The van der Waals surface area contributed by atoms with Crippen LogP contribution in [0.2, 0.25) is 0 Å².